The SMILES string of the molecule is [C-]#[N+]c1cc(NC(=O)c2sc(N)c(C(N)=O)c2C)ccc1F. The third-order valence-electron chi connectivity index (χ3n) is 2.95. The molecule has 0 bridgehead atoms. The van der Waals surface area contributed by atoms with Crippen LogP contribution >= 0.6 is 11.3 Å². The lowest BCUT2D eigenvalue weighted by atomic mass is 10.1. The molecule has 0 spiro atoms. The van der Waals surface area contributed by atoms with Gasteiger partial charge >= 0.3 is 0 Å². The molecule has 2 aromatic rings. The molecule has 5 N–H and O–H groups in total. The van der Waals surface area contributed by atoms with Gasteiger partial charge in [-0.2, -0.15) is 0 Å². The quantitative estimate of drug-likeness (QED) is 0.758. The summed E-state index contributed by atoms with van der Waals surface area (Å²) in [6.07, 6.45) is 0. The monoisotopic (exact) mass is 318 g/mol. The smallest absolute Gasteiger partial charge is 0.266 e. The number of anilines is 2. The van der Waals surface area contributed by atoms with Crippen LogP contribution in [0.15, 0.2) is 18.2 Å². The van der Waals surface area contributed by atoms with Gasteiger partial charge in [0.2, 0.25) is 5.69 Å². The Morgan fingerprint density at radius 2 is 2.09 bits per heavy atom. The van der Waals surface area contributed by atoms with Crippen molar-refractivity contribution in [2.24, 2.45) is 5.73 Å². The van der Waals surface area contributed by atoms with Crippen LogP contribution in [0.4, 0.5) is 20.8 Å². The summed E-state index contributed by atoms with van der Waals surface area (Å²) in [5.41, 5.74) is 11.5. The fraction of sp³-hybridized carbons (Fsp3) is 0.0714. The van der Waals surface area contributed by atoms with Crippen LogP contribution in [-0.2, 0) is 0 Å². The number of hydrogen-bond acceptors (Lipinski definition) is 4. The average Bonchev–Trinajstić information content (AvgIpc) is 2.76. The normalized spacial score (nSPS) is 10.0. The van der Waals surface area contributed by atoms with Crippen molar-refractivity contribution in [3.63, 3.8) is 0 Å². The first-order valence-electron chi connectivity index (χ1n) is 6.02. The molecular formula is C14H11FN4O2S. The van der Waals surface area contributed by atoms with E-state index in [9.17, 15) is 14.0 Å². The first-order valence-corrected chi connectivity index (χ1v) is 6.83. The average molecular weight is 318 g/mol. The molecule has 1 aromatic carbocycles. The third-order valence-corrected chi connectivity index (χ3v) is 4.07. The molecule has 0 radical (unpaired) electrons. The molecule has 112 valence electrons. The second kappa shape index (κ2) is 5.83. The van der Waals surface area contributed by atoms with E-state index in [0.29, 0.717) is 5.56 Å². The zero-order valence-electron chi connectivity index (χ0n) is 11.4. The van der Waals surface area contributed by atoms with Crippen molar-refractivity contribution >= 4 is 39.5 Å². The summed E-state index contributed by atoms with van der Waals surface area (Å²) >= 11 is 0.940. The van der Waals surface area contributed by atoms with E-state index in [-0.39, 0.29) is 26.8 Å². The number of benzene rings is 1. The van der Waals surface area contributed by atoms with E-state index < -0.39 is 17.6 Å². The zero-order chi connectivity index (χ0) is 16.4. The van der Waals surface area contributed by atoms with Gasteiger partial charge in [-0.25, -0.2) is 9.24 Å². The molecule has 0 saturated heterocycles. The molecular weight excluding hydrogens is 307 g/mol. The summed E-state index contributed by atoms with van der Waals surface area (Å²) in [4.78, 5) is 26.8. The van der Waals surface area contributed by atoms with Crippen LogP contribution < -0.4 is 16.8 Å². The molecule has 2 rings (SSSR count). The van der Waals surface area contributed by atoms with Gasteiger partial charge in [0, 0.05) is 5.69 Å². The number of thiophene rings is 1. The van der Waals surface area contributed by atoms with Gasteiger partial charge in [-0.05, 0) is 30.7 Å². The Labute approximate surface area is 129 Å². The van der Waals surface area contributed by atoms with Crippen molar-refractivity contribution in [1.29, 1.82) is 0 Å². The Morgan fingerprint density at radius 3 is 2.64 bits per heavy atom. The number of primary amides is 1. The minimum atomic E-state index is -0.706. The molecule has 6 nitrogen and oxygen atoms in total. The number of nitrogen functional groups attached to an aromatic ring is 1. The van der Waals surface area contributed by atoms with Crippen LogP contribution in [0, 0.1) is 19.3 Å². The van der Waals surface area contributed by atoms with Crippen molar-refractivity contribution in [2.45, 2.75) is 6.92 Å². The van der Waals surface area contributed by atoms with Crippen molar-refractivity contribution in [1.82, 2.24) is 0 Å². The summed E-state index contributed by atoms with van der Waals surface area (Å²) in [5.74, 6) is -1.88. The van der Waals surface area contributed by atoms with Crippen LogP contribution in [0.1, 0.15) is 25.6 Å². The van der Waals surface area contributed by atoms with E-state index >= 15 is 0 Å². The standard InChI is InChI=1S/C14H11FN4O2S/c1-6-10(12(16)20)13(17)22-11(6)14(21)19-7-3-4-8(15)9(5-7)18-2/h3-5H,17H2,1H3,(H2,16,20)(H,19,21). The van der Waals surface area contributed by atoms with Crippen LogP contribution in [0.5, 0.6) is 0 Å². The Kier molecular flexibility index (Phi) is 4.10. The second-order valence-electron chi connectivity index (χ2n) is 4.39. The summed E-state index contributed by atoms with van der Waals surface area (Å²) in [6, 6.07) is 3.65. The predicted molar refractivity (Wildman–Crippen MR) is 82.6 cm³/mol. The topological polar surface area (TPSA) is 103 Å². The molecule has 22 heavy (non-hydrogen) atoms. The number of nitrogens with two attached hydrogens (primary N) is 2. The van der Waals surface area contributed by atoms with Gasteiger partial charge in [0.1, 0.15) is 5.82 Å². The van der Waals surface area contributed by atoms with Gasteiger partial charge < -0.3 is 16.8 Å². The van der Waals surface area contributed by atoms with Gasteiger partial charge in [0.05, 0.1) is 22.0 Å². The lowest BCUT2D eigenvalue weighted by Gasteiger charge is -2.05. The lowest BCUT2D eigenvalue weighted by molar-refractivity contribution is 0.100. The highest BCUT2D eigenvalue weighted by molar-refractivity contribution is 7.18. The largest absolute Gasteiger partial charge is 0.390 e. The number of carbonyl (C=O) groups is 2. The van der Waals surface area contributed by atoms with Crippen molar-refractivity contribution in [3.05, 3.63) is 51.4 Å². The molecule has 1 aromatic heterocycles. The highest BCUT2D eigenvalue weighted by Crippen LogP contribution is 2.31. The lowest BCUT2D eigenvalue weighted by Crippen LogP contribution is -2.15. The highest BCUT2D eigenvalue weighted by atomic mass is 32.1. The molecule has 0 aliphatic rings. The first kappa shape index (κ1) is 15.5. The Balaban J connectivity index is 2.33. The Hall–Kier alpha value is -2.92. The van der Waals surface area contributed by atoms with Gasteiger partial charge in [0.25, 0.3) is 11.8 Å². The first-order chi connectivity index (χ1) is 10.3. The van der Waals surface area contributed by atoms with Crippen LogP contribution in [0.3, 0.4) is 0 Å². The minimum absolute atomic E-state index is 0.121. The number of hydrogen-bond donors (Lipinski definition) is 3. The molecule has 1 heterocycles. The summed E-state index contributed by atoms with van der Waals surface area (Å²) < 4.78 is 13.2. The number of carbonyl (C=O) groups excluding carboxylic acids is 2. The van der Waals surface area contributed by atoms with E-state index in [1.807, 2.05) is 0 Å². The molecule has 0 aliphatic carbocycles. The van der Waals surface area contributed by atoms with Crippen LogP contribution in [0.25, 0.3) is 4.85 Å². The minimum Gasteiger partial charge on any atom is -0.390 e. The predicted octanol–water partition coefficient (Wildman–Crippen LogP) is 2.68. The number of rotatable bonds is 3. The van der Waals surface area contributed by atoms with E-state index in [0.717, 1.165) is 17.4 Å². The molecule has 0 saturated carbocycles. The number of nitrogens with one attached hydrogen (secondary N) is 1. The van der Waals surface area contributed by atoms with E-state index in [4.69, 9.17) is 18.0 Å². The summed E-state index contributed by atoms with van der Waals surface area (Å²) in [7, 11) is 0. The maximum atomic E-state index is 13.2. The van der Waals surface area contributed by atoms with Crippen molar-refractivity contribution in [2.75, 3.05) is 11.1 Å². The maximum Gasteiger partial charge on any atom is 0.266 e. The second-order valence-corrected chi connectivity index (χ2v) is 5.44. The molecule has 0 aliphatic heterocycles. The Morgan fingerprint density at radius 1 is 1.41 bits per heavy atom. The summed E-state index contributed by atoms with van der Waals surface area (Å²) in [5, 5.41) is 2.70. The van der Waals surface area contributed by atoms with Crippen LogP contribution in [0.2, 0.25) is 0 Å². The van der Waals surface area contributed by atoms with E-state index in [1.54, 1.807) is 6.92 Å². The fourth-order valence-electron chi connectivity index (χ4n) is 1.92. The molecule has 0 atom stereocenters. The fourth-order valence-corrected chi connectivity index (χ4v) is 2.90. The van der Waals surface area contributed by atoms with Gasteiger partial charge in [-0.1, -0.05) is 0 Å². The number of nitrogens with zero attached hydrogens (tertiary/aromatic N) is 1. The van der Waals surface area contributed by atoms with Gasteiger partial charge in [-0.3, -0.25) is 9.59 Å². The van der Waals surface area contributed by atoms with E-state index in [2.05, 4.69) is 10.2 Å². The number of amides is 2. The Bertz CT molecular complexity index is 823. The summed E-state index contributed by atoms with van der Waals surface area (Å²) in [6.45, 7) is 8.41. The molecule has 0 unspecified atom stereocenters. The molecule has 8 heteroatoms. The van der Waals surface area contributed by atoms with E-state index in [1.165, 1.54) is 12.1 Å². The molecule has 2 amide bonds. The third kappa shape index (κ3) is 2.75. The van der Waals surface area contributed by atoms with Crippen molar-refractivity contribution < 1.29 is 14.0 Å². The maximum absolute atomic E-state index is 13.2. The van der Waals surface area contributed by atoms with Gasteiger partial charge in [0.15, 0.2) is 0 Å². The number of halogens is 1. The zero-order valence-corrected chi connectivity index (χ0v) is 12.3. The highest BCUT2D eigenvalue weighted by Gasteiger charge is 2.21. The van der Waals surface area contributed by atoms with Crippen molar-refractivity contribution in [3.8, 4) is 0 Å². The van der Waals surface area contributed by atoms with Crippen LogP contribution in [-0.4, -0.2) is 11.8 Å². The van der Waals surface area contributed by atoms with Gasteiger partial charge in [-0.15, -0.1) is 11.3 Å². The molecule has 0 fully saturated rings.